The molecule has 1 fully saturated rings. The fourth-order valence-corrected chi connectivity index (χ4v) is 4.27. The monoisotopic (exact) mass is 442 g/mol. The Balaban J connectivity index is 1.79. The normalized spacial score (nSPS) is 14.5. The first kappa shape index (κ1) is 20.9. The number of fused-ring (bicyclic) bond motifs is 1. The number of anilines is 1. The predicted molar refractivity (Wildman–Crippen MR) is 126 cm³/mol. The Labute approximate surface area is 190 Å². The molecule has 166 valence electrons. The average Bonchev–Trinajstić information content (AvgIpc) is 3.30. The summed E-state index contributed by atoms with van der Waals surface area (Å²) in [6.07, 6.45) is 5.28. The molecular formula is C25H23FN6O. The highest BCUT2D eigenvalue weighted by Crippen LogP contribution is 2.39. The van der Waals surface area contributed by atoms with E-state index in [1.54, 1.807) is 18.3 Å². The molecule has 1 aliphatic rings. The van der Waals surface area contributed by atoms with Crippen molar-refractivity contribution in [2.75, 3.05) is 18.0 Å². The molecule has 1 saturated heterocycles. The van der Waals surface area contributed by atoms with Gasteiger partial charge in [0.25, 0.3) is 0 Å². The number of rotatable bonds is 3. The smallest absolute Gasteiger partial charge is 0.222 e. The highest BCUT2D eigenvalue weighted by atomic mass is 19.1. The molecule has 0 radical (unpaired) electrons. The number of phenols is 1. The number of aromatic hydroxyl groups is 1. The Morgan fingerprint density at radius 2 is 1.91 bits per heavy atom. The molecule has 0 saturated carbocycles. The van der Waals surface area contributed by atoms with Gasteiger partial charge in [0.1, 0.15) is 17.2 Å². The van der Waals surface area contributed by atoms with Gasteiger partial charge >= 0.3 is 0 Å². The van der Waals surface area contributed by atoms with Crippen LogP contribution < -0.4 is 10.6 Å². The number of halogens is 1. The van der Waals surface area contributed by atoms with Gasteiger partial charge in [-0.3, -0.25) is 4.40 Å². The number of phenolic OH excluding ortho intramolecular Hbond substituents is 1. The number of imidazole rings is 1. The molecule has 0 spiro atoms. The minimum Gasteiger partial charge on any atom is -0.508 e. The second kappa shape index (κ2) is 8.19. The summed E-state index contributed by atoms with van der Waals surface area (Å²) in [5, 5.41) is 10.4. The molecule has 4 aromatic rings. The van der Waals surface area contributed by atoms with E-state index >= 15 is 0 Å². The maximum Gasteiger partial charge on any atom is 0.222 e. The van der Waals surface area contributed by atoms with Gasteiger partial charge in [0, 0.05) is 37.1 Å². The molecule has 5 rings (SSSR count). The van der Waals surface area contributed by atoms with Crippen LogP contribution in [0.3, 0.4) is 0 Å². The summed E-state index contributed by atoms with van der Waals surface area (Å²) in [4.78, 5) is 15.0. The lowest BCUT2D eigenvalue weighted by atomic mass is 9.98. The van der Waals surface area contributed by atoms with E-state index in [1.807, 2.05) is 29.7 Å². The quantitative estimate of drug-likeness (QED) is 0.450. The molecule has 0 aliphatic carbocycles. The first-order valence-electron chi connectivity index (χ1n) is 10.8. The van der Waals surface area contributed by atoms with Crippen LogP contribution in [0, 0.1) is 19.3 Å². The Hall–Kier alpha value is -3.96. The molecule has 2 aromatic carbocycles. The predicted octanol–water partition coefficient (Wildman–Crippen LogP) is 4.69. The standard InChI is InChI=1S/C25H23FN6O/c1-15-3-4-16(14-21(15)33)22-23(17-5-6-20(28-2)19(26)13-17)30-25(32-12-9-29-24(22)32)31-10-7-18(27)8-11-31/h3-6,9,12-14,18,33H,7-8,10-11,27H2,1H3. The number of aromatic nitrogens is 3. The van der Waals surface area contributed by atoms with Crippen LogP contribution >= 0.6 is 0 Å². The average molecular weight is 442 g/mol. The van der Waals surface area contributed by atoms with E-state index in [4.69, 9.17) is 17.3 Å². The fraction of sp³-hybridized carbons (Fsp3) is 0.240. The van der Waals surface area contributed by atoms with Gasteiger partial charge in [-0.05, 0) is 43.0 Å². The van der Waals surface area contributed by atoms with E-state index in [9.17, 15) is 9.50 Å². The van der Waals surface area contributed by atoms with Crippen LogP contribution in [-0.4, -0.2) is 38.6 Å². The summed E-state index contributed by atoms with van der Waals surface area (Å²) in [6, 6.07) is 10.1. The van der Waals surface area contributed by atoms with Crippen molar-refractivity contribution in [3.8, 4) is 28.1 Å². The van der Waals surface area contributed by atoms with Gasteiger partial charge in [-0.25, -0.2) is 19.2 Å². The van der Waals surface area contributed by atoms with E-state index in [2.05, 4.69) is 14.7 Å². The van der Waals surface area contributed by atoms with Gasteiger partial charge < -0.3 is 15.7 Å². The van der Waals surface area contributed by atoms with Crippen LogP contribution in [-0.2, 0) is 0 Å². The molecule has 0 amide bonds. The van der Waals surface area contributed by atoms with Crippen molar-refractivity contribution in [3.63, 3.8) is 0 Å². The second-order valence-corrected chi connectivity index (χ2v) is 8.36. The van der Waals surface area contributed by atoms with Gasteiger partial charge in [-0.15, -0.1) is 0 Å². The van der Waals surface area contributed by atoms with E-state index in [1.165, 1.54) is 12.1 Å². The third kappa shape index (κ3) is 3.66. The minimum absolute atomic E-state index is 0.0413. The Bertz CT molecular complexity index is 1400. The lowest BCUT2D eigenvalue weighted by molar-refractivity contribution is 0.471. The molecular weight excluding hydrogens is 419 g/mol. The summed E-state index contributed by atoms with van der Waals surface area (Å²) < 4.78 is 16.5. The molecule has 3 heterocycles. The van der Waals surface area contributed by atoms with Crippen molar-refractivity contribution < 1.29 is 9.50 Å². The maximum atomic E-state index is 14.6. The summed E-state index contributed by atoms with van der Waals surface area (Å²) >= 11 is 0. The summed E-state index contributed by atoms with van der Waals surface area (Å²) in [6.45, 7) is 10.5. The Morgan fingerprint density at radius 1 is 1.15 bits per heavy atom. The maximum absolute atomic E-state index is 14.6. The Kier molecular flexibility index (Phi) is 5.19. The van der Waals surface area contributed by atoms with Crippen LogP contribution in [0.5, 0.6) is 5.75 Å². The molecule has 2 aromatic heterocycles. The van der Waals surface area contributed by atoms with E-state index in [0.29, 0.717) is 28.4 Å². The number of piperidine rings is 1. The largest absolute Gasteiger partial charge is 0.508 e. The van der Waals surface area contributed by atoms with Crippen molar-refractivity contribution >= 4 is 17.3 Å². The molecule has 7 nitrogen and oxygen atoms in total. The lowest BCUT2D eigenvalue weighted by Crippen LogP contribution is -2.40. The number of nitrogens with zero attached hydrogens (tertiary/aromatic N) is 5. The molecule has 0 atom stereocenters. The van der Waals surface area contributed by atoms with Crippen molar-refractivity contribution in [2.45, 2.75) is 25.8 Å². The van der Waals surface area contributed by atoms with Crippen LogP contribution in [0.1, 0.15) is 18.4 Å². The number of hydrogen-bond donors (Lipinski definition) is 2. The zero-order valence-corrected chi connectivity index (χ0v) is 18.2. The molecule has 33 heavy (non-hydrogen) atoms. The van der Waals surface area contributed by atoms with Crippen LogP contribution in [0.4, 0.5) is 16.0 Å². The van der Waals surface area contributed by atoms with Crippen LogP contribution in [0.15, 0.2) is 48.8 Å². The van der Waals surface area contributed by atoms with Gasteiger partial charge in [0.05, 0.1) is 17.8 Å². The summed E-state index contributed by atoms with van der Waals surface area (Å²) in [7, 11) is 0. The highest BCUT2D eigenvalue weighted by Gasteiger charge is 2.24. The van der Waals surface area contributed by atoms with Crippen molar-refractivity contribution in [2.24, 2.45) is 5.73 Å². The van der Waals surface area contributed by atoms with Gasteiger partial charge in [-0.1, -0.05) is 24.3 Å². The van der Waals surface area contributed by atoms with Gasteiger partial charge in [-0.2, -0.15) is 0 Å². The van der Waals surface area contributed by atoms with Gasteiger partial charge in [0.15, 0.2) is 0 Å². The number of benzene rings is 2. The van der Waals surface area contributed by atoms with E-state index < -0.39 is 5.82 Å². The van der Waals surface area contributed by atoms with Crippen LogP contribution in [0.2, 0.25) is 0 Å². The van der Waals surface area contributed by atoms with E-state index in [-0.39, 0.29) is 17.5 Å². The highest BCUT2D eigenvalue weighted by molar-refractivity contribution is 5.91. The number of aryl methyl sites for hydroxylation is 1. The van der Waals surface area contributed by atoms with Crippen molar-refractivity contribution in [3.05, 3.63) is 71.6 Å². The molecule has 3 N–H and O–H groups in total. The lowest BCUT2D eigenvalue weighted by Gasteiger charge is -2.32. The second-order valence-electron chi connectivity index (χ2n) is 8.36. The molecule has 0 unspecified atom stereocenters. The minimum atomic E-state index is -0.601. The molecule has 8 heteroatoms. The third-order valence-electron chi connectivity index (χ3n) is 6.19. The first-order valence-corrected chi connectivity index (χ1v) is 10.8. The summed E-state index contributed by atoms with van der Waals surface area (Å²) in [5.41, 5.74) is 9.95. The van der Waals surface area contributed by atoms with Crippen LogP contribution in [0.25, 0.3) is 32.9 Å². The Morgan fingerprint density at radius 3 is 2.61 bits per heavy atom. The first-order chi connectivity index (χ1) is 16.0. The SMILES string of the molecule is [C-]#[N+]c1ccc(-c2nc(N3CCC(N)CC3)n3ccnc3c2-c2ccc(C)c(O)c2)cc1F. The topological polar surface area (TPSA) is 84.0 Å². The zero-order valence-electron chi connectivity index (χ0n) is 18.2. The fourth-order valence-electron chi connectivity index (χ4n) is 4.27. The van der Waals surface area contributed by atoms with Crippen molar-refractivity contribution in [1.82, 2.24) is 14.4 Å². The summed E-state index contributed by atoms with van der Waals surface area (Å²) in [5.74, 6) is 0.265. The van der Waals surface area contributed by atoms with Crippen molar-refractivity contribution in [1.29, 1.82) is 0 Å². The zero-order chi connectivity index (χ0) is 23.1. The molecule has 1 aliphatic heterocycles. The van der Waals surface area contributed by atoms with E-state index in [0.717, 1.165) is 37.1 Å². The number of nitrogens with two attached hydrogens (primary N) is 1. The number of hydrogen-bond acceptors (Lipinski definition) is 5. The molecule has 0 bridgehead atoms. The third-order valence-corrected chi connectivity index (χ3v) is 6.19. The van der Waals surface area contributed by atoms with Gasteiger partial charge in [0.2, 0.25) is 11.6 Å².